The van der Waals surface area contributed by atoms with Crippen molar-refractivity contribution in [2.45, 2.75) is 6.18 Å². The molecule has 0 saturated heterocycles. The molecule has 158 valence electrons. The van der Waals surface area contributed by atoms with Crippen LogP contribution in [0.25, 0.3) is 0 Å². The average Bonchev–Trinajstić information content (AvgIpc) is 2.75. The number of nitrogens with one attached hydrogen (secondary N) is 1. The lowest BCUT2D eigenvalue weighted by Crippen LogP contribution is -2.18. The molecule has 2 aromatic carbocycles. The summed E-state index contributed by atoms with van der Waals surface area (Å²) in [6.07, 6.45) is -3.12. The van der Waals surface area contributed by atoms with Gasteiger partial charge in [0.05, 0.1) is 22.0 Å². The van der Waals surface area contributed by atoms with Crippen molar-refractivity contribution >= 4 is 34.9 Å². The number of aliphatic imine (C=N–C) groups is 2. The minimum Gasteiger partial charge on any atom is -0.457 e. The fourth-order valence-electron chi connectivity index (χ4n) is 2.39. The molecule has 0 bridgehead atoms. The fourth-order valence-corrected chi connectivity index (χ4v) is 2.62. The van der Waals surface area contributed by atoms with Gasteiger partial charge in [-0.3, -0.25) is 9.78 Å². The van der Waals surface area contributed by atoms with Gasteiger partial charge >= 0.3 is 6.18 Å². The molecule has 31 heavy (non-hydrogen) atoms. The van der Waals surface area contributed by atoms with Crippen LogP contribution in [-0.4, -0.2) is 23.9 Å². The molecule has 0 saturated carbocycles. The van der Waals surface area contributed by atoms with E-state index in [1.165, 1.54) is 25.4 Å². The first-order valence-electron chi connectivity index (χ1n) is 8.75. The van der Waals surface area contributed by atoms with E-state index in [0.717, 1.165) is 12.1 Å². The summed E-state index contributed by atoms with van der Waals surface area (Å²) in [5.74, 6) is 0.574. The third-order valence-electron chi connectivity index (χ3n) is 3.88. The largest absolute Gasteiger partial charge is 0.457 e. The smallest absolute Gasteiger partial charge is 0.417 e. The van der Waals surface area contributed by atoms with Gasteiger partial charge in [0, 0.05) is 19.3 Å². The molecule has 0 aliphatic carbocycles. The van der Waals surface area contributed by atoms with Gasteiger partial charge in [-0.2, -0.15) is 23.2 Å². The van der Waals surface area contributed by atoms with Crippen molar-refractivity contribution in [2.24, 2.45) is 9.98 Å². The van der Waals surface area contributed by atoms with E-state index in [4.69, 9.17) is 16.3 Å². The molecule has 1 heterocycles. The highest BCUT2D eigenvalue weighted by Crippen LogP contribution is 2.36. The van der Waals surface area contributed by atoms with Crippen LogP contribution in [0.5, 0.6) is 11.5 Å². The van der Waals surface area contributed by atoms with Crippen LogP contribution in [-0.2, 0) is 6.18 Å². The van der Waals surface area contributed by atoms with Crippen molar-refractivity contribution in [2.75, 3.05) is 7.05 Å². The number of carbonyl (C=O) groups excluding carboxylic acids is 1. The van der Waals surface area contributed by atoms with E-state index in [1.54, 1.807) is 30.3 Å². The third kappa shape index (κ3) is 5.91. The SMILES string of the molecule is CNC(=O)c1cc(Oc2ccc(N=C=Nc3ccc(Cl)c(C(F)(F)F)c3)cc2)ccn1. The number of aromatic nitrogens is 1. The quantitative estimate of drug-likeness (QED) is 0.485. The van der Waals surface area contributed by atoms with Gasteiger partial charge in [0.2, 0.25) is 0 Å². The molecular weight excluding hydrogens is 433 g/mol. The van der Waals surface area contributed by atoms with Gasteiger partial charge in [0.15, 0.2) is 0 Å². The van der Waals surface area contributed by atoms with Gasteiger partial charge in [-0.25, -0.2) is 0 Å². The Kier molecular flexibility index (Phi) is 6.69. The van der Waals surface area contributed by atoms with Crippen LogP contribution in [0, 0.1) is 0 Å². The highest BCUT2D eigenvalue weighted by atomic mass is 35.5. The van der Waals surface area contributed by atoms with Gasteiger partial charge in [0.1, 0.15) is 23.2 Å². The first-order valence-corrected chi connectivity index (χ1v) is 9.13. The summed E-state index contributed by atoms with van der Waals surface area (Å²) < 4.78 is 44.3. The van der Waals surface area contributed by atoms with Crippen LogP contribution in [0.3, 0.4) is 0 Å². The molecule has 3 aromatic rings. The zero-order chi connectivity index (χ0) is 22.4. The predicted molar refractivity (Wildman–Crippen MR) is 110 cm³/mol. The number of hydrogen-bond acceptors (Lipinski definition) is 5. The number of halogens is 4. The maximum atomic E-state index is 12.9. The van der Waals surface area contributed by atoms with Crippen molar-refractivity contribution in [3.63, 3.8) is 0 Å². The molecule has 0 atom stereocenters. The van der Waals surface area contributed by atoms with Gasteiger partial charge in [-0.1, -0.05) is 11.6 Å². The fraction of sp³-hybridized carbons (Fsp3) is 0.0952. The van der Waals surface area contributed by atoms with Crippen molar-refractivity contribution in [3.8, 4) is 11.5 Å². The molecule has 0 spiro atoms. The summed E-state index contributed by atoms with van der Waals surface area (Å²) >= 11 is 5.57. The summed E-state index contributed by atoms with van der Waals surface area (Å²) in [7, 11) is 1.50. The van der Waals surface area contributed by atoms with E-state index < -0.39 is 16.8 Å². The number of benzene rings is 2. The molecule has 0 unspecified atom stereocenters. The number of amides is 1. The number of pyridine rings is 1. The van der Waals surface area contributed by atoms with E-state index in [9.17, 15) is 18.0 Å². The number of rotatable bonds is 5. The number of ether oxygens (including phenoxy) is 1. The lowest BCUT2D eigenvalue weighted by atomic mass is 10.2. The number of alkyl halides is 3. The molecule has 0 radical (unpaired) electrons. The Morgan fingerprint density at radius 2 is 1.71 bits per heavy atom. The van der Waals surface area contributed by atoms with Crippen molar-refractivity contribution in [1.29, 1.82) is 0 Å². The molecule has 1 aromatic heterocycles. The Morgan fingerprint density at radius 3 is 2.39 bits per heavy atom. The Balaban J connectivity index is 1.71. The van der Waals surface area contributed by atoms with Crippen molar-refractivity contribution in [1.82, 2.24) is 10.3 Å². The summed E-state index contributed by atoms with van der Waals surface area (Å²) in [6, 6.07) is 15.2. The van der Waals surface area contributed by atoms with Crippen LogP contribution >= 0.6 is 11.6 Å². The molecule has 0 aliphatic heterocycles. The minimum absolute atomic E-state index is 0.0186. The van der Waals surface area contributed by atoms with Gasteiger partial charge in [-0.05, 0) is 48.5 Å². The first-order chi connectivity index (χ1) is 14.8. The van der Waals surface area contributed by atoms with Crippen LogP contribution in [0.15, 0.2) is 70.8 Å². The number of hydrogen-bond donors (Lipinski definition) is 1. The Morgan fingerprint density at radius 1 is 1.03 bits per heavy atom. The lowest BCUT2D eigenvalue weighted by molar-refractivity contribution is -0.137. The minimum atomic E-state index is -4.58. The number of nitrogens with zero attached hydrogens (tertiary/aromatic N) is 3. The molecule has 0 fully saturated rings. The van der Waals surface area contributed by atoms with Gasteiger partial charge in [-0.15, -0.1) is 0 Å². The maximum absolute atomic E-state index is 12.9. The molecule has 10 heteroatoms. The maximum Gasteiger partial charge on any atom is 0.417 e. The summed E-state index contributed by atoms with van der Waals surface area (Å²) in [5.41, 5.74) is -0.283. The molecular formula is C21H14ClF3N4O2. The molecule has 1 N–H and O–H groups in total. The van der Waals surface area contributed by atoms with Gasteiger partial charge in [0.25, 0.3) is 5.91 Å². The molecule has 3 rings (SSSR count). The van der Waals surface area contributed by atoms with Crippen LogP contribution in [0.4, 0.5) is 24.5 Å². The van der Waals surface area contributed by atoms with Crippen molar-refractivity contribution in [3.05, 3.63) is 77.1 Å². The van der Waals surface area contributed by atoms with Gasteiger partial charge < -0.3 is 10.1 Å². The van der Waals surface area contributed by atoms with E-state index in [-0.39, 0.29) is 17.3 Å². The summed E-state index contributed by atoms with van der Waals surface area (Å²) in [4.78, 5) is 23.3. The average molecular weight is 447 g/mol. The molecule has 6 nitrogen and oxygen atoms in total. The monoisotopic (exact) mass is 446 g/mol. The zero-order valence-electron chi connectivity index (χ0n) is 15.9. The predicted octanol–water partition coefficient (Wildman–Crippen LogP) is 6.04. The topological polar surface area (TPSA) is 75.9 Å². The highest BCUT2D eigenvalue weighted by molar-refractivity contribution is 6.31. The lowest BCUT2D eigenvalue weighted by Gasteiger charge is -2.08. The summed E-state index contributed by atoms with van der Waals surface area (Å²) in [5, 5.41) is 2.07. The Labute approximate surface area is 180 Å². The third-order valence-corrected chi connectivity index (χ3v) is 4.21. The van der Waals surface area contributed by atoms with E-state index in [2.05, 4.69) is 26.3 Å². The second-order valence-corrected chi connectivity index (χ2v) is 6.44. The Hall–Kier alpha value is -3.68. The standard InChI is InChI=1S/C21H14ClF3N4O2/c1-26-20(30)19-11-16(8-9-27-19)31-15-5-2-13(3-6-15)28-12-29-14-4-7-18(22)17(10-14)21(23,24)25/h2-11H,1H3,(H,26,30). The zero-order valence-corrected chi connectivity index (χ0v) is 16.7. The Bertz CT molecular complexity index is 1160. The first kappa shape index (κ1) is 22.0. The molecule has 1 amide bonds. The van der Waals surface area contributed by atoms with Crippen LogP contribution in [0.1, 0.15) is 16.1 Å². The summed E-state index contributed by atoms with van der Waals surface area (Å²) in [6.45, 7) is 0. The van der Waals surface area contributed by atoms with Crippen LogP contribution < -0.4 is 10.1 Å². The van der Waals surface area contributed by atoms with Crippen LogP contribution in [0.2, 0.25) is 5.02 Å². The second-order valence-electron chi connectivity index (χ2n) is 6.04. The van der Waals surface area contributed by atoms with E-state index >= 15 is 0 Å². The molecule has 0 aliphatic rings. The van der Waals surface area contributed by atoms with Crippen molar-refractivity contribution < 1.29 is 22.7 Å². The normalized spacial score (nSPS) is 10.7. The number of carbonyl (C=O) groups is 1. The van der Waals surface area contributed by atoms with E-state index in [1.807, 2.05) is 0 Å². The second kappa shape index (κ2) is 9.42. The highest BCUT2D eigenvalue weighted by Gasteiger charge is 2.33. The van der Waals surface area contributed by atoms with E-state index in [0.29, 0.717) is 17.2 Å².